The third-order valence-electron chi connectivity index (χ3n) is 19.1. The summed E-state index contributed by atoms with van der Waals surface area (Å²) >= 11 is 0. The normalized spacial score (nSPS) is 17.9. The maximum Gasteiger partial charge on any atom is 0.143 e. The molecule has 3 aliphatic carbocycles. The molecule has 4 aliphatic rings. The Bertz CT molecular complexity index is 5320. The van der Waals surface area contributed by atoms with Gasteiger partial charge in [-0.05, 0) is 169 Å². The van der Waals surface area contributed by atoms with Crippen molar-refractivity contribution in [3.05, 3.63) is 342 Å². The van der Waals surface area contributed by atoms with Gasteiger partial charge in [-0.1, -0.05) is 269 Å². The molecule has 13 aromatic rings. The van der Waals surface area contributed by atoms with Crippen LogP contribution in [0.4, 0.5) is 0 Å². The molecule has 1 aliphatic heterocycles. The van der Waals surface area contributed by atoms with Crippen LogP contribution in [0.1, 0.15) is 68.6 Å². The van der Waals surface area contributed by atoms with Gasteiger partial charge in [0.15, 0.2) is 0 Å². The van der Waals surface area contributed by atoms with Gasteiger partial charge in [-0.15, -0.1) is 0 Å². The molecule has 2 aromatic heterocycles. The summed E-state index contributed by atoms with van der Waals surface area (Å²) in [5.74, 6) is 1.05. The lowest BCUT2D eigenvalue weighted by molar-refractivity contribution is 0.224. The van der Waals surface area contributed by atoms with Crippen LogP contribution in [0, 0.1) is 0 Å². The zero-order chi connectivity index (χ0) is 61.5. The molecule has 2 unspecified atom stereocenters. The van der Waals surface area contributed by atoms with Crippen LogP contribution in [0.2, 0.25) is 0 Å². The van der Waals surface area contributed by atoms with Gasteiger partial charge < -0.3 is 13.7 Å². The molecule has 3 heterocycles. The Morgan fingerprint density at radius 2 is 0.935 bits per heavy atom. The second kappa shape index (κ2) is 24.4. The van der Waals surface area contributed by atoms with E-state index in [1.54, 1.807) is 0 Å². The maximum atomic E-state index is 7.28. The molecule has 11 aromatic carbocycles. The quantitative estimate of drug-likeness (QED) is 0.144. The monoisotopic (exact) mass is 1180 g/mol. The zero-order valence-electron chi connectivity index (χ0n) is 51.9. The summed E-state index contributed by atoms with van der Waals surface area (Å²) in [5.41, 5.74) is 25.8. The molecule has 3 nitrogen and oxygen atoms in total. The van der Waals surface area contributed by atoms with Crippen molar-refractivity contribution in [2.75, 3.05) is 0 Å². The van der Waals surface area contributed by atoms with E-state index in [0.29, 0.717) is 0 Å². The highest BCUT2D eigenvalue weighted by atomic mass is 16.5. The summed E-state index contributed by atoms with van der Waals surface area (Å²) in [4.78, 5) is 0. The SMILES string of the molecule is C1=CC(c2ccccc2)=CC2c3cc(-c4ccccc4)cc(-c4ccc5c6ccc(-c7cc(-c8ccccc8)cc8c7oc7ccc(-c9ccccc9)cc78)cc6n(C6=CC=C(/C7=c8\cccc\c8=C(/c8ccccc8)C/C=C\C=C/C7)CC6)c5c4)c3OC2C1.CC. The minimum absolute atomic E-state index is 0.0278. The highest BCUT2D eigenvalue weighted by molar-refractivity contribution is 6.15. The highest BCUT2D eigenvalue weighted by Crippen LogP contribution is 2.51. The number of nitrogens with zero attached hydrogens (tertiary/aromatic N) is 1. The van der Waals surface area contributed by atoms with Crippen LogP contribution in [-0.2, 0) is 0 Å². The van der Waals surface area contributed by atoms with Crippen LogP contribution in [0.25, 0.3) is 122 Å². The molecule has 92 heavy (non-hydrogen) atoms. The van der Waals surface area contributed by atoms with Gasteiger partial charge in [0.05, 0.1) is 11.0 Å². The molecular formula is C89H69NO2. The fourth-order valence-corrected chi connectivity index (χ4v) is 14.7. The summed E-state index contributed by atoms with van der Waals surface area (Å²) in [6, 6.07) is 93.4. The van der Waals surface area contributed by atoms with Gasteiger partial charge in [-0.25, -0.2) is 0 Å². The number of benzene rings is 11. The summed E-state index contributed by atoms with van der Waals surface area (Å²) in [6.45, 7) is 4.00. The largest absolute Gasteiger partial charge is 0.488 e. The highest BCUT2D eigenvalue weighted by Gasteiger charge is 2.36. The Balaban J connectivity index is 0.00000334. The van der Waals surface area contributed by atoms with Crippen LogP contribution in [-0.4, -0.2) is 10.7 Å². The van der Waals surface area contributed by atoms with Gasteiger partial charge in [0, 0.05) is 56.3 Å². The first kappa shape index (κ1) is 56.2. The number of ether oxygens (including phenoxy) is 1. The molecular weight excluding hydrogens is 1110 g/mol. The first-order valence-electron chi connectivity index (χ1n) is 32.7. The molecule has 17 rings (SSSR count). The standard InChI is InChI=1S/C87H63NO2.C2H6/c1-2-19-35-71(73-37-21-20-36-72(73)70(34-18-1)61-31-16-7-17-32-61)62-39-44-69(45-40-62)88-82-55-65(76-51-67(59-27-12-5-13-28-59)53-80-78-49-63(57-23-8-3-9-24-57)33-22-38-84(78)89-86(76)80)41-46-74(82)75-47-42-66(56-83(75)88)77-52-68(60-29-14-6-15-30-60)54-81-79-50-64(58-25-10-4-11-26-58)43-48-85(79)90-87(77)81;1-2/h1-33,36-37,39,41-44,46-56,78,84H,34-35,38,40,45H2;1-2H3/b18-1-,19-2-,72-70+,73-71+;. The number of furan rings is 1. The molecule has 0 saturated carbocycles. The number of allylic oxidation sites excluding steroid dienone is 10. The van der Waals surface area contributed by atoms with E-state index < -0.39 is 0 Å². The van der Waals surface area contributed by atoms with Crippen molar-refractivity contribution in [3.8, 4) is 61.4 Å². The third kappa shape index (κ3) is 10.3. The molecule has 0 bridgehead atoms. The van der Waals surface area contributed by atoms with Crippen LogP contribution in [0.15, 0.2) is 319 Å². The Hall–Kier alpha value is -11.0. The lowest BCUT2D eigenvalue weighted by Gasteiger charge is -2.21. The van der Waals surface area contributed by atoms with Crippen molar-refractivity contribution in [1.82, 2.24) is 4.57 Å². The molecule has 0 N–H and O–H groups in total. The van der Waals surface area contributed by atoms with Gasteiger partial charge in [0.25, 0.3) is 0 Å². The van der Waals surface area contributed by atoms with Crippen LogP contribution >= 0.6 is 0 Å². The summed E-state index contributed by atoms with van der Waals surface area (Å²) in [5, 5.41) is 7.22. The molecule has 0 spiro atoms. The van der Waals surface area contributed by atoms with Crippen LogP contribution < -0.4 is 15.2 Å². The van der Waals surface area contributed by atoms with E-state index in [0.717, 1.165) is 110 Å². The second-order valence-electron chi connectivity index (χ2n) is 24.3. The van der Waals surface area contributed by atoms with Crippen LogP contribution in [0.3, 0.4) is 0 Å². The number of hydrogen-bond donors (Lipinski definition) is 0. The number of fused-ring (bicyclic) bond motifs is 10. The second-order valence-corrected chi connectivity index (χ2v) is 24.3. The average Bonchev–Trinajstić information content (AvgIpc) is 1.58. The van der Waals surface area contributed by atoms with E-state index in [-0.39, 0.29) is 12.0 Å². The van der Waals surface area contributed by atoms with E-state index in [2.05, 4.69) is 314 Å². The van der Waals surface area contributed by atoms with Gasteiger partial charge in [-0.3, -0.25) is 0 Å². The Morgan fingerprint density at radius 3 is 1.57 bits per heavy atom. The van der Waals surface area contributed by atoms with Gasteiger partial charge in [0.2, 0.25) is 0 Å². The van der Waals surface area contributed by atoms with E-state index in [1.165, 1.54) is 82.6 Å². The van der Waals surface area contributed by atoms with Crippen LogP contribution in [0.5, 0.6) is 5.75 Å². The molecule has 0 fully saturated rings. The van der Waals surface area contributed by atoms with E-state index >= 15 is 0 Å². The molecule has 0 radical (unpaired) electrons. The van der Waals surface area contributed by atoms with Crippen molar-refractivity contribution in [2.45, 2.75) is 58.0 Å². The smallest absolute Gasteiger partial charge is 0.143 e. The molecule has 442 valence electrons. The topological polar surface area (TPSA) is 27.3 Å². The predicted octanol–water partition coefficient (Wildman–Crippen LogP) is 22.5. The minimum atomic E-state index is -0.0278. The maximum absolute atomic E-state index is 7.28. The lowest BCUT2D eigenvalue weighted by atomic mass is 9.87. The average molecular weight is 1180 g/mol. The summed E-state index contributed by atoms with van der Waals surface area (Å²) < 4.78 is 16.9. The number of aromatic nitrogens is 1. The van der Waals surface area contributed by atoms with E-state index in [1.807, 2.05) is 13.8 Å². The fraction of sp³-hybridized carbons (Fsp3) is 0.101. The molecule has 2 atom stereocenters. The first-order chi connectivity index (χ1) is 45.6. The Kier molecular flexibility index (Phi) is 14.9. The molecule has 0 saturated heterocycles. The predicted molar refractivity (Wildman–Crippen MR) is 388 cm³/mol. The Labute approximate surface area is 538 Å². The minimum Gasteiger partial charge on any atom is -0.488 e. The zero-order valence-corrected chi connectivity index (χ0v) is 51.9. The first-order valence-corrected chi connectivity index (χ1v) is 32.7. The number of hydrogen-bond acceptors (Lipinski definition) is 2. The summed E-state index contributed by atoms with van der Waals surface area (Å²) in [7, 11) is 0. The van der Waals surface area contributed by atoms with E-state index in [4.69, 9.17) is 9.15 Å². The van der Waals surface area contributed by atoms with Crippen molar-refractivity contribution in [2.24, 2.45) is 0 Å². The van der Waals surface area contributed by atoms with Gasteiger partial charge >= 0.3 is 0 Å². The fourth-order valence-electron chi connectivity index (χ4n) is 14.7. The van der Waals surface area contributed by atoms with Crippen molar-refractivity contribution >= 4 is 66.2 Å². The lowest BCUT2D eigenvalue weighted by Crippen LogP contribution is -2.30. The van der Waals surface area contributed by atoms with Gasteiger partial charge in [-0.2, -0.15) is 0 Å². The van der Waals surface area contributed by atoms with Crippen molar-refractivity contribution < 1.29 is 9.15 Å². The third-order valence-corrected chi connectivity index (χ3v) is 19.1. The van der Waals surface area contributed by atoms with Crippen molar-refractivity contribution in [1.29, 1.82) is 0 Å². The number of rotatable bonds is 9. The van der Waals surface area contributed by atoms with E-state index in [9.17, 15) is 0 Å². The summed E-state index contributed by atoms with van der Waals surface area (Å²) in [6.07, 6.45) is 25.2. The molecule has 3 heteroatoms. The Morgan fingerprint density at radius 1 is 0.402 bits per heavy atom. The van der Waals surface area contributed by atoms with Crippen molar-refractivity contribution in [3.63, 3.8) is 0 Å². The van der Waals surface area contributed by atoms with Gasteiger partial charge in [0.1, 0.15) is 23.0 Å². The molecule has 0 amide bonds.